The van der Waals surface area contributed by atoms with Crippen molar-refractivity contribution in [3.63, 3.8) is 0 Å². The van der Waals surface area contributed by atoms with Gasteiger partial charge in [0.05, 0.1) is 52.2 Å². The lowest BCUT2D eigenvalue weighted by Gasteiger charge is -2.13. The van der Waals surface area contributed by atoms with E-state index in [9.17, 15) is 23.3 Å². The first-order valence-electron chi connectivity index (χ1n) is 19.1. The number of nitrogens with zero attached hydrogens (tertiary/aromatic N) is 4. The minimum absolute atomic E-state index is 0.0741. The first-order valence-corrected chi connectivity index (χ1v) is 21.0. The number of nitro benzene ring substituents is 1. The molecule has 0 amide bonds. The lowest BCUT2D eigenvalue weighted by Crippen LogP contribution is -2.04. The number of fused-ring (bicyclic) bond motifs is 3. The Kier molecular flexibility index (Phi) is 14.5. The lowest BCUT2D eigenvalue weighted by atomic mass is 10.1. The summed E-state index contributed by atoms with van der Waals surface area (Å²) in [7, 11) is 0. The second-order valence-corrected chi connectivity index (χ2v) is 16.0. The third-order valence-electron chi connectivity index (χ3n) is 9.43. The molecule has 0 aliphatic heterocycles. The quantitative estimate of drug-likeness (QED) is 0.115. The van der Waals surface area contributed by atoms with Gasteiger partial charge in [-0.05, 0) is 110 Å². The molecule has 9 nitrogen and oxygen atoms in total. The summed E-state index contributed by atoms with van der Waals surface area (Å²) in [5, 5.41) is 14.7. The maximum Gasteiger partial charge on any atom is 0.416 e. The van der Waals surface area contributed by atoms with Crippen LogP contribution < -0.4 is 14.2 Å². The molecule has 0 bridgehead atoms. The van der Waals surface area contributed by atoms with Crippen molar-refractivity contribution in [2.45, 2.75) is 20.0 Å². The van der Waals surface area contributed by atoms with Crippen molar-refractivity contribution >= 4 is 96.4 Å². The van der Waals surface area contributed by atoms with E-state index in [-0.39, 0.29) is 21.5 Å². The van der Waals surface area contributed by atoms with Crippen LogP contribution in [0.4, 0.5) is 18.9 Å². The number of pyridine rings is 3. The Morgan fingerprint density at radius 1 is 0.492 bits per heavy atom. The zero-order chi connectivity index (χ0) is 46.4. The van der Waals surface area contributed by atoms with Crippen LogP contribution in [0.3, 0.4) is 0 Å². The first-order chi connectivity index (χ1) is 31.1. The Hall–Kier alpha value is -6.41. The molecule has 0 saturated carbocycles. The highest BCUT2D eigenvalue weighted by Gasteiger charge is 2.31. The second kappa shape index (κ2) is 20.2. The summed E-state index contributed by atoms with van der Waals surface area (Å²) in [5.41, 5.74) is 3.20. The normalized spacial score (nSPS) is 11.0. The van der Waals surface area contributed by atoms with E-state index in [0.717, 1.165) is 51.6 Å². The van der Waals surface area contributed by atoms with Crippen LogP contribution in [-0.2, 0) is 6.18 Å². The number of nitro groups is 1. The number of para-hydroxylation sites is 3. The molecule has 17 heteroatoms. The average molecular weight is 977 g/mol. The minimum Gasteiger partial charge on any atom is -0.456 e. The molecule has 0 fully saturated rings. The number of aryl methyl sites for hydroxylation is 2. The van der Waals surface area contributed by atoms with Gasteiger partial charge in [-0.2, -0.15) is 13.2 Å². The molecule has 65 heavy (non-hydrogen) atoms. The molecule has 0 N–H and O–H groups in total. The van der Waals surface area contributed by atoms with E-state index in [1.807, 2.05) is 50.2 Å². The van der Waals surface area contributed by atoms with Gasteiger partial charge in [0.1, 0.15) is 34.5 Å². The maximum absolute atomic E-state index is 12.8. The van der Waals surface area contributed by atoms with Gasteiger partial charge < -0.3 is 14.2 Å². The number of aromatic nitrogens is 3. The molecular formula is C48H30Cl5F3N4O5. The number of rotatable bonds is 7. The summed E-state index contributed by atoms with van der Waals surface area (Å²) >= 11 is 30.3. The summed E-state index contributed by atoms with van der Waals surface area (Å²) in [6.07, 6.45) is 0.273. The number of alkyl halides is 3. The van der Waals surface area contributed by atoms with Crippen molar-refractivity contribution in [3.05, 3.63) is 198 Å². The number of ether oxygens (including phenoxy) is 3. The molecule has 328 valence electrons. The van der Waals surface area contributed by atoms with Crippen LogP contribution in [0.15, 0.2) is 146 Å². The van der Waals surface area contributed by atoms with E-state index in [1.165, 1.54) is 36.0 Å². The summed E-state index contributed by atoms with van der Waals surface area (Å²) in [6, 6.07) is 34.3. The van der Waals surface area contributed by atoms with E-state index in [2.05, 4.69) is 27.1 Å². The van der Waals surface area contributed by atoms with Gasteiger partial charge in [0, 0.05) is 46.9 Å². The topological polar surface area (TPSA) is 110 Å². The van der Waals surface area contributed by atoms with Crippen molar-refractivity contribution in [1.29, 1.82) is 0 Å². The molecule has 0 aliphatic rings. The van der Waals surface area contributed by atoms with Gasteiger partial charge in [-0.25, -0.2) is 0 Å². The third kappa shape index (κ3) is 11.1. The monoisotopic (exact) mass is 974 g/mol. The SMILES string of the molecule is Cc1ccc(C)c(Oc2ccnc3c(Cl)cccc23)c1.FC(F)(F)c1ccc(Cl)c(Oc2ccnc3c(Cl)cccc23)c1.O=[N+]([O-])c1ccc(Oc2ccnc3c(Cl)cccc23)c(Cl)c1. The molecule has 0 unspecified atom stereocenters. The van der Waals surface area contributed by atoms with Crippen LogP contribution in [0, 0.1) is 24.0 Å². The molecular weight excluding hydrogens is 947 g/mol. The largest absolute Gasteiger partial charge is 0.456 e. The fourth-order valence-electron chi connectivity index (χ4n) is 6.23. The average Bonchev–Trinajstić information content (AvgIpc) is 3.27. The highest BCUT2D eigenvalue weighted by atomic mass is 35.5. The van der Waals surface area contributed by atoms with Crippen molar-refractivity contribution in [1.82, 2.24) is 15.0 Å². The molecule has 9 aromatic rings. The summed E-state index contributed by atoms with van der Waals surface area (Å²) in [4.78, 5) is 22.9. The molecule has 0 spiro atoms. The number of halogens is 8. The Bertz CT molecular complexity index is 3230. The molecule has 0 atom stereocenters. The van der Waals surface area contributed by atoms with Crippen LogP contribution in [0.2, 0.25) is 25.1 Å². The number of hydrogen-bond donors (Lipinski definition) is 0. The zero-order valence-corrected chi connectivity index (χ0v) is 37.5. The van der Waals surface area contributed by atoms with Crippen LogP contribution in [0.1, 0.15) is 16.7 Å². The molecule has 6 aromatic carbocycles. The fraction of sp³-hybridized carbons (Fsp3) is 0.0625. The van der Waals surface area contributed by atoms with Crippen molar-refractivity contribution in [2.24, 2.45) is 0 Å². The van der Waals surface area contributed by atoms with Crippen molar-refractivity contribution in [2.75, 3.05) is 0 Å². The van der Waals surface area contributed by atoms with E-state index < -0.39 is 16.7 Å². The van der Waals surface area contributed by atoms with Crippen LogP contribution in [-0.4, -0.2) is 19.9 Å². The van der Waals surface area contributed by atoms with E-state index in [1.54, 1.807) is 48.8 Å². The maximum atomic E-state index is 12.8. The van der Waals surface area contributed by atoms with E-state index in [0.29, 0.717) is 48.7 Å². The van der Waals surface area contributed by atoms with Gasteiger partial charge in [0.25, 0.3) is 5.69 Å². The predicted molar refractivity (Wildman–Crippen MR) is 251 cm³/mol. The lowest BCUT2D eigenvalue weighted by molar-refractivity contribution is -0.384. The molecule has 9 rings (SSSR count). The molecule has 0 aliphatic carbocycles. The smallest absolute Gasteiger partial charge is 0.416 e. The van der Waals surface area contributed by atoms with Crippen LogP contribution in [0.25, 0.3) is 32.7 Å². The van der Waals surface area contributed by atoms with E-state index >= 15 is 0 Å². The highest BCUT2D eigenvalue weighted by molar-refractivity contribution is 6.36. The van der Waals surface area contributed by atoms with Gasteiger partial charge in [0.2, 0.25) is 0 Å². The zero-order valence-electron chi connectivity index (χ0n) is 33.7. The number of non-ortho nitro benzene ring substituents is 1. The standard InChI is InChI=1S/C17H14ClNO.C16H8Cl2F3NO.C15H8Cl2N2O3/c1-11-6-7-12(2)16(10-11)20-15-8-9-19-17-13(15)4-3-5-14(17)18;17-11-5-4-9(16(19,20)21)8-14(11)23-13-6-7-22-15-10(13)2-1-3-12(15)18;16-11-3-1-2-10-13(6-7-18-15(10)11)22-14-5-4-9(19(20)21)8-12(14)17/h3-10H,1-2H3;1-8H;1-8H. The second-order valence-electron chi connectivity index (χ2n) is 13.9. The molecule has 0 saturated heterocycles. The predicted octanol–water partition coefficient (Wildman–Crippen LogP) is 16.9. The number of hydrogen-bond acceptors (Lipinski definition) is 8. The molecule has 3 heterocycles. The third-order valence-corrected chi connectivity index (χ3v) is 11.0. The summed E-state index contributed by atoms with van der Waals surface area (Å²) in [6.45, 7) is 4.08. The van der Waals surface area contributed by atoms with Gasteiger partial charge in [-0.3, -0.25) is 25.1 Å². The fourth-order valence-corrected chi connectivity index (χ4v) is 7.27. The first kappa shape index (κ1) is 46.6. The Morgan fingerprint density at radius 3 is 1.43 bits per heavy atom. The Morgan fingerprint density at radius 2 is 0.969 bits per heavy atom. The van der Waals surface area contributed by atoms with Gasteiger partial charge in [0.15, 0.2) is 0 Å². The van der Waals surface area contributed by atoms with Crippen LogP contribution in [0.5, 0.6) is 34.5 Å². The summed E-state index contributed by atoms with van der Waals surface area (Å²) in [5.74, 6) is 2.69. The van der Waals surface area contributed by atoms with Crippen molar-refractivity contribution in [3.8, 4) is 34.5 Å². The van der Waals surface area contributed by atoms with Crippen molar-refractivity contribution < 1.29 is 32.3 Å². The summed E-state index contributed by atoms with van der Waals surface area (Å²) < 4.78 is 55.9. The molecule has 3 aromatic heterocycles. The van der Waals surface area contributed by atoms with E-state index in [4.69, 9.17) is 72.2 Å². The Labute approximate surface area is 394 Å². The molecule has 0 radical (unpaired) electrons. The minimum atomic E-state index is -4.48. The van der Waals surface area contributed by atoms with Gasteiger partial charge in [-0.1, -0.05) is 88.3 Å². The Balaban J connectivity index is 0.000000146. The number of benzene rings is 6. The van der Waals surface area contributed by atoms with Gasteiger partial charge in [-0.15, -0.1) is 0 Å². The highest BCUT2D eigenvalue weighted by Crippen LogP contribution is 2.40. The van der Waals surface area contributed by atoms with Crippen LogP contribution >= 0.6 is 58.0 Å². The van der Waals surface area contributed by atoms with Gasteiger partial charge >= 0.3 is 6.18 Å².